The summed E-state index contributed by atoms with van der Waals surface area (Å²) in [6.45, 7) is 5.73. The summed E-state index contributed by atoms with van der Waals surface area (Å²) < 4.78 is 33.8. The van der Waals surface area contributed by atoms with Crippen molar-refractivity contribution >= 4 is 28.1 Å². The van der Waals surface area contributed by atoms with Gasteiger partial charge in [0.25, 0.3) is 0 Å². The first-order valence-corrected chi connectivity index (χ1v) is 14.9. The van der Waals surface area contributed by atoms with Crippen molar-refractivity contribution in [2.75, 3.05) is 33.2 Å². The molecule has 37 heavy (non-hydrogen) atoms. The minimum atomic E-state index is -3.79. The van der Waals surface area contributed by atoms with Gasteiger partial charge in [-0.05, 0) is 58.2 Å². The fourth-order valence-electron chi connectivity index (χ4n) is 5.34. The highest BCUT2D eigenvalue weighted by Crippen LogP contribution is 2.29. The molecule has 2 fully saturated rings. The predicted octanol–water partition coefficient (Wildman–Crippen LogP) is 4.24. The molecule has 9 heteroatoms. The van der Waals surface area contributed by atoms with E-state index < -0.39 is 10.0 Å². The average molecular weight is 529 g/mol. The van der Waals surface area contributed by atoms with Gasteiger partial charge in [-0.15, -0.1) is 0 Å². The van der Waals surface area contributed by atoms with E-state index in [9.17, 15) is 13.2 Å². The lowest BCUT2D eigenvalue weighted by Gasteiger charge is -2.32. The van der Waals surface area contributed by atoms with Crippen molar-refractivity contribution in [2.24, 2.45) is 5.92 Å². The van der Waals surface area contributed by atoms with Gasteiger partial charge in [-0.3, -0.25) is 4.79 Å². The molecule has 2 aromatic rings. The van der Waals surface area contributed by atoms with E-state index in [-0.39, 0.29) is 22.5 Å². The first-order valence-electron chi connectivity index (χ1n) is 13.4. The Bertz CT molecular complexity index is 1180. The van der Waals surface area contributed by atoms with E-state index >= 15 is 0 Å². The van der Waals surface area contributed by atoms with Crippen LogP contribution in [0.3, 0.4) is 0 Å². The minimum absolute atomic E-state index is 0.0250. The van der Waals surface area contributed by atoms with E-state index in [4.69, 9.17) is 4.52 Å². The van der Waals surface area contributed by atoms with Crippen LogP contribution in [-0.4, -0.2) is 68.0 Å². The van der Waals surface area contributed by atoms with Crippen molar-refractivity contribution in [1.29, 1.82) is 0 Å². The van der Waals surface area contributed by atoms with Crippen molar-refractivity contribution in [1.82, 2.24) is 19.7 Å². The second-order valence-corrected chi connectivity index (χ2v) is 12.3. The van der Waals surface area contributed by atoms with E-state index in [1.165, 1.54) is 36.4 Å². The molecular weight excluding hydrogens is 488 g/mol. The Labute approximate surface area is 221 Å². The van der Waals surface area contributed by atoms with Gasteiger partial charge in [0.15, 0.2) is 10.7 Å². The fourth-order valence-corrected chi connectivity index (χ4v) is 7.06. The van der Waals surface area contributed by atoms with Gasteiger partial charge in [0.1, 0.15) is 5.69 Å². The highest BCUT2D eigenvalue weighted by atomic mass is 32.2. The van der Waals surface area contributed by atoms with Crippen LogP contribution >= 0.6 is 0 Å². The van der Waals surface area contributed by atoms with E-state index in [2.05, 4.69) is 22.4 Å². The van der Waals surface area contributed by atoms with E-state index in [1.54, 1.807) is 13.0 Å². The fraction of sp³-hybridized carbons (Fsp3) is 0.571. The number of aryl methyl sites for hydroxylation is 2. The maximum absolute atomic E-state index is 13.5. The summed E-state index contributed by atoms with van der Waals surface area (Å²) in [5.41, 5.74) is 2.44. The van der Waals surface area contributed by atoms with Crippen LogP contribution in [0.5, 0.6) is 0 Å². The van der Waals surface area contributed by atoms with Gasteiger partial charge in [0.2, 0.25) is 15.9 Å². The third kappa shape index (κ3) is 6.89. The van der Waals surface area contributed by atoms with Crippen molar-refractivity contribution in [3.05, 3.63) is 46.8 Å². The summed E-state index contributed by atoms with van der Waals surface area (Å²) in [5, 5.41) is 7.00. The number of rotatable bonds is 9. The third-order valence-corrected chi connectivity index (χ3v) is 9.78. The molecule has 1 N–H and O–H groups in total. The van der Waals surface area contributed by atoms with Crippen molar-refractivity contribution in [3.8, 4) is 0 Å². The Morgan fingerprint density at radius 1 is 1.08 bits per heavy atom. The lowest BCUT2D eigenvalue weighted by atomic mass is 9.94. The number of aromatic nitrogens is 1. The molecule has 0 atom stereocenters. The van der Waals surface area contributed by atoms with Crippen LogP contribution in [0, 0.1) is 19.8 Å². The number of benzene rings is 1. The molecule has 1 saturated carbocycles. The van der Waals surface area contributed by atoms with Crippen LogP contribution in [-0.2, 0) is 14.8 Å². The Balaban J connectivity index is 1.31. The number of nitrogens with zero attached hydrogens (tertiary/aromatic N) is 3. The first kappa shape index (κ1) is 27.5. The Hall–Kier alpha value is -2.49. The zero-order chi connectivity index (χ0) is 26.4. The molecule has 1 amide bonds. The molecular formula is C28H40N4O4S. The van der Waals surface area contributed by atoms with Crippen LogP contribution in [0.1, 0.15) is 67.5 Å². The number of likely N-dealkylation sites (N-methyl/N-ethyl adjacent to an activating group) is 1. The minimum Gasteiger partial charge on any atom is -0.355 e. The average Bonchev–Trinajstić information content (AvgIpc) is 3.29. The normalized spacial score (nSPS) is 18.6. The van der Waals surface area contributed by atoms with Gasteiger partial charge in [-0.1, -0.05) is 60.3 Å². The molecule has 1 aliphatic carbocycles. The van der Waals surface area contributed by atoms with Gasteiger partial charge in [0.05, 0.1) is 0 Å². The molecule has 0 bridgehead atoms. The molecule has 4 rings (SSSR count). The number of hydrogen-bond donors (Lipinski definition) is 1. The standard InChI is InChI=1S/C28H40N4O4S/c1-21-9-11-23(12-10-21)13-14-26-27(22(2)30-36-26)37(34,35)32-18-15-24(16-19-32)28(33)29-17-20-31(3)25-7-5-4-6-8-25/h9-14,24-25H,4-8,15-20H2,1-3H3,(H,29,33). The number of hydrogen-bond acceptors (Lipinski definition) is 6. The maximum Gasteiger partial charge on any atom is 0.248 e. The number of piperidine rings is 1. The number of sulfonamides is 1. The van der Waals surface area contributed by atoms with E-state index in [0.29, 0.717) is 44.2 Å². The second-order valence-electron chi connectivity index (χ2n) is 10.4. The van der Waals surface area contributed by atoms with E-state index in [0.717, 1.165) is 17.7 Å². The highest BCUT2D eigenvalue weighted by molar-refractivity contribution is 7.89. The quantitative estimate of drug-likeness (QED) is 0.523. The van der Waals surface area contributed by atoms with Gasteiger partial charge >= 0.3 is 0 Å². The molecule has 2 heterocycles. The van der Waals surface area contributed by atoms with Crippen molar-refractivity contribution in [3.63, 3.8) is 0 Å². The number of nitrogens with one attached hydrogen (secondary N) is 1. The molecule has 0 unspecified atom stereocenters. The smallest absolute Gasteiger partial charge is 0.248 e. The molecule has 1 aromatic carbocycles. The summed E-state index contributed by atoms with van der Waals surface area (Å²) >= 11 is 0. The van der Waals surface area contributed by atoms with Crippen LogP contribution < -0.4 is 5.32 Å². The molecule has 2 aliphatic rings. The van der Waals surface area contributed by atoms with Gasteiger partial charge in [0, 0.05) is 38.1 Å². The van der Waals surface area contributed by atoms with Crippen molar-refractivity contribution < 1.29 is 17.7 Å². The molecule has 0 radical (unpaired) electrons. The van der Waals surface area contributed by atoms with E-state index in [1.807, 2.05) is 37.3 Å². The van der Waals surface area contributed by atoms with Crippen molar-refractivity contribution in [2.45, 2.75) is 69.7 Å². The van der Waals surface area contributed by atoms with Crippen LogP contribution in [0.15, 0.2) is 33.7 Å². The Morgan fingerprint density at radius 3 is 2.43 bits per heavy atom. The lowest BCUT2D eigenvalue weighted by Crippen LogP contribution is -2.45. The summed E-state index contributed by atoms with van der Waals surface area (Å²) in [7, 11) is -1.65. The summed E-state index contributed by atoms with van der Waals surface area (Å²) in [6.07, 6.45) is 10.9. The zero-order valence-electron chi connectivity index (χ0n) is 22.3. The number of amides is 1. The Kier molecular flexibility index (Phi) is 9.21. The lowest BCUT2D eigenvalue weighted by molar-refractivity contribution is -0.126. The monoisotopic (exact) mass is 528 g/mol. The summed E-state index contributed by atoms with van der Waals surface area (Å²) in [4.78, 5) is 15.2. The third-order valence-electron chi connectivity index (χ3n) is 7.72. The number of carbonyl (C=O) groups excluding carboxylic acids is 1. The molecule has 8 nitrogen and oxygen atoms in total. The summed E-state index contributed by atoms with van der Waals surface area (Å²) in [5.74, 6) is 0.0768. The van der Waals surface area contributed by atoms with Crippen LogP contribution in [0.4, 0.5) is 0 Å². The maximum atomic E-state index is 13.5. The molecule has 202 valence electrons. The Morgan fingerprint density at radius 2 is 1.76 bits per heavy atom. The summed E-state index contributed by atoms with van der Waals surface area (Å²) in [6, 6.07) is 8.55. The van der Waals surface area contributed by atoms with Crippen LogP contribution in [0.2, 0.25) is 0 Å². The second kappa shape index (κ2) is 12.4. The molecule has 1 aliphatic heterocycles. The molecule has 0 spiro atoms. The first-order chi connectivity index (χ1) is 17.8. The van der Waals surface area contributed by atoms with Gasteiger partial charge in [-0.25, -0.2) is 8.42 Å². The SMILES string of the molecule is Cc1ccc(C=Cc2onc(C)c2S(=O)(=O)N2CCC(C(=O)NCCN(C)C3CCCCC3)CC2)cc1. The van der Waals surface area contributed by atoms with Crippen LogP contribution in [0.25, 0.3) is 12.2 Å². The largest absolute Gasteiger partial charge is 0.355 e. The van der Waals surface area contributed by atoms with Gasteiger partial charge < -0.3 is 14.7 Å². The zero-order valence-corrected chi connectivity index (χ0v) is 23.1. The highest BCUT2D eigenvalue weighted by Gasteiger charge is 2.36. The number of carbonyl (C=O) groups is 1. The molecule has 1 saturated heterocycles. The predicted molar refractivity (Wildman–Crippen MR) is 145 cm³/mol. The molecule has 1 aromatic heterocycles. The topological polar surface area (TPSA) is 95.8 Å². The van der Waals surface area contributed by atoms with Gasteiger partial charge in [-0.2, -0.15) is 4.31 Å².